The maximum atomic E-state index is 6.60. The number of hydrogen-bond donors (Lipinski definition) is 2. The van der Waals surface area contributed by atoms with Crippen LogP contribution in [0.3, 0.4) is 0 Å². The van der Waals surface area contributed by atoms with Gasteiger partial charge in [-0.15, -0.1) is 0 Å². The summed E-state index contributed by atoms with van der Waals surface area (Å²) in [5, 5.41) is 0. The number of aryl methyl sites for hydroxylation is 1. The Balaban J connectivity index is 2.31. The second-order valence-electron chi connectivity index (χ2n) is 7.13. The molecule has 118 valence electrons. The molecule has 1 heterocycles. The van der Waals surface area contributed by atoms with Crippen LogP contribution in [0.25, 0.3) is 0 Å². The summed E-state index contributed by atoms with van der Waals surface area (Å²) in [6.45, 7) is 9.35. The van der Waals surface area contributed by atoms with Gasteiger partial charge in [0.25, 0.3) is 0 Å². The van der Waals surface area contributed by atoms with Gasteiger partial charge in [-0.3, -0.25) is 0 Å². The summed E-state index contributed by atoms with van der Waals surface area (Å²) in [5.74, 6) is 0.525. The Morgan fingerprint density at radius 1 is 1.29 bits per heavy atom. The van der Waals surface area contributed by atoms with Gasteiger partial charge in [-0.1, -0.05) is 13.8 Å². The van der Waals surface area contributed by atoms with Crippen LogP contribution in [0, 0.1) is 12.3 Å². The highest BCUT2D eigenvalue weighted by molar-refractivity contribution is 5.44. The van der Waals surface area contributed by atoms with E-state index in [0.717, 1.165) is 36.8 Å². The summed E-state index contributed by atoms with van der Waals surface area (Å²) in [7, 11) is 0. The zero-order chi connectivity index (χ0) is 15.7. The number of pyridine rings is 1. The van der Waals surface area contributed by atoms with E-state index >= 15 is 0 Å². The van der Waals surface area contributed by atoms with Gasteiger partial charge in [0.1, 0.15) is 5.82 Å². The molecule has 0 aromatic carbocycles. The third kappa shape index (κ3) is 3.38. The summed E-state index contributed by atoms with van der Waals surface area (Å²) >= 11 is 0. The van der Waals surface area contributed by atoms with Crippen molar-refractivity contribution in [1.29, 1.82) is 0 Å². The van der Waals surface area contributed by atoms with Gasteiger partial charge in [0.15, 0.2) is 0 Å². The fourth-order valence-electron chi connectivity index (χ4n) is 3.32. The molecule has 0 spiro atoms. The standard InChI is InChI=1S/C17H29N3O/c1-5-21-17(8-6-16(3,4)7-9-17)14(18)13-10-12(2)11-20-15(13)19/h10-11,14H,5-9,18H2,1-4H3,(H2,19,20). The van der Waals surface area contributed by atoms with Crippen LogP contribution in [0.1, 0.15) is 63.6 Å². The average molecular weight is 291 g/mol. The Morgan fingerprint density at radius 3 is 2.48 bits per heavy atom. The first kappa shape index (κ1) is 16.2. The maximum absolute atomic E-state index is 6.60. The van der Waals surface area contributed by atoms with E-state index in [1.165, 1.54) is 0 Å². The first-order valence-corrected chi connectivity index (χ1v) is 7.91. The van der Waals surface area contributed by atoms with Crippen LogP contribution >= 0.6 is 0 Å². The molecule has 1 fully saturated rings. The minimum absolute atomic E-state index is 0.221. The molecule has 1 aromatic rings. The van der Waals surface area contributed by atoms with Gasteiger partial charge in [0.05, 0.1) is 11.6 Å². The molecule has 0 radical (unpaired) electrons. The molecule has 0 aliphatic heterocycles. The van der Waals surface area contributed by atoms with Crippen molar-refractivity contribution in [1.82, 2.24) is 4.98 Å². The monoisotopic (exact) mass is 291 g/mol. The summed E-state index contributed by atoms with van der Waals surface area (Å²) in [6.07, 6.45) is 5.98. The van der Waals surface area contributed by atoms with Crippen molar-refractivity contribution in [3.05, 3.63) is 23.4 Å². The van der Waals surface area contributed by atoms with Crippen molar-refractivity contribution in [2.45, 2.75) is 65.0 Å². The van der Waals surface area contributed by atoms with E-state index in [0.29, 0.717) is 17.8 Å². The summed E-state index contributed by atoms with van der Waals surface area (Å²) in [6, 6.07) is 1.83. The molecule has 2 rings (SSSR count). The fourth-order valence-corrected chi connectivity index (χ4v) is 3.32. The van der Waals surface area contributed by atoms with Gasteiger partial charge in [-0.25, -0.2) is 4.98 Å². The molecule has 21 heavy (non-hydrogen) atoms. The Morgan fingerprint density at radius 2 is 1.90 bits per heavy atom. The smallest absolute Gasteiger partial charge is 0.128 e. The molecular weight excluding hydrogens is 262 g/mol. The zero-order valence-electron chi connectivity index (χ0n) is 13.8. The zero-order valence-corrected chi connectivity index (χ0v) is 13.8. The molecular formula is C17H29N3O. The summed E-state index contributed by atoms with van der Waals surface area (Å²) < 4.78 is 6.17. The third-order valence-corrected chi connectivity index (χ3v) is 4.87. The van der Waals surface area contributed by atoms with Gasteiger partial charge in [-0.2, -0.15) is 0 Å². The number of nitrogens with two attached hydrogens (primary N) is 2. The highest BCUT2D eigenvalue weighted by Crippen LogP contribution is 2.47. The summed E-state index contributed by atoms with van der Waals surface area (Å²) in [4.78, 5) is 4.26. The Bertz CT molecular complexity index is 489. The molecule has 4 N–H and O–H groups in total. The molecule has 1 aliphatic rings. The number of ether oxygens (including phenoxy) is 1. The van der Waals surface area contributed by atoms with Crippen molar-refractivity contribution >= 4 is 5.82 Å². The molecule has 0 amide bonds. The Hall–Kier alpha value is -1.13. The molecule has 4 nitrogen and oxygen atoms in total. The second-order valence-corrected chi connectivity index (χ2v) is 7.13. The van der Waals surface area contributed by atoms with E-state index < -0.39 is 0 Å². The van der Waals surface area contributed by atoms with Crippen LogP contribution in [0.2, 0.25) is 0 Å². The van der Waals surface area contributed by atoms with E-state index in [1.807, 2.05) is 19.9 Å². The highest BCUT2D eigenvalue weighted by Gasteiger charge is 2.44. The second kappa shape index (κ2) is 5.93. The third-order valence-electron chi connectivity index (χ3n) is 4.87. The number of nitrogen functional groups attached to an aromatic ring is 1. The fraction of sp³-hybridized carbons (Fsp3) is 0.706. The molecule has 1 saturated carbocycles. The minimum atomic E-state index is -0.312. The van der Waals surface area contributed by atoms with Gasteiger partial charge in [-0.05, 0) is 56.6 Å². The first-order valence-electron chi connectivity index (χ1n) is 7.91. The van der Waals surface area contributed by atoms with Crippen LogP contribution in [-0.4, -0.2) is 17.2 Å². The van der Waals surface area contributed by atoms with Crippen LogP contribution in [-0.2, 0) is 4.74 Å². The Labute approximate surface area is 128 Å². The van der Waals surface area contributed by atoms with Crippen molar-refractivity contribution in [3.8, 4) is 0 Å². The normalized spacial score (nSPS) is 22.0. The highest BCUT2D eigenvalue weighted by atomic mass is 16.5. The van der Waals surface area contributed by atoms with E-state index in [9.17, 15) is 0 Å². The van der Waals surface area contributed by atoms with Gasteiger partial charge in [0.2, 0.25) is 0 Å². The lowest BCUT2D eigenvalue weighted by atomic mass is 9.67. The van der Waals surface area contributed by atoms with Crippen molar-refractivity contribution in [2.24, 2.45) is 11.1 Å². The van der Waals surface area contributed by atoms with Gasteiger partial charge < -0.3 is 16.2 Å². The van der Waals surface area contributed by atoms with E-state index in [4.69, 9.17) is 16.2 Å². The average Bonchev–Trinajstić information content (AvgIpc) is 2.44. The van der Waals surface area contributed by atoms with Crippen molar-refractivity contribution in [2.75, 3.05) is 12.3 Å². The van der Waals surface area contributed by atoms with E-state index in [2.05, 4.69) is 18.8 Å². The minimum Gasteiger partial charge on any atom is -0.383 e. The van der Waals surface area contributed by atoms with Crippen molar-refractivity contribution in [3.63, 3.8) is 0 Å². The van der Waals surface area contributed by atoms with Gasteiger partial charge in [0, 0.05) is 18.4 Å². The maximum Gasteiger partial charge on any atom is 0.128 e. The van der Waals surface area contributed by atoms with Crippen LogP contribution in [0.15, 0.2) is 12.3 Å². The number of rotatable bonds is 4. The first-order chi connectivity index (χ1) is 9.80. The molecule has 1 unspecified atom stereocenters. The lowest BCUT2D eigenvalue weighted by Gasteiger charge is -2.46. The Kier molecular flexibility index (Phi) is 4.59. The molecule has 4 heteroatoms. The topological polar surface area (TPSA) is 74.2 Å². The van der Waals surface area contributed by atoms with Crippen LogP contribution in [0.4, 0.5) is 5.82 Å². The van der Waals surface area contributed by atoms with E-state index in [1.54, 1.807) is 6.20 Å². The molecule has 1 aromatic heterocycles. The lowest BCUT2D eigenvalue weighted by molar-refractivity contribution is -0.1000. The number of aromatic nitrogens is 1. The number of nitrogens with zero attached hydrogens (tertiary/aromatic N) is 1. The predicted octanol–water partition coefficient (Wildman–Crippen LogP) is 3.35. The SMILES string of the molecule is CCOC1(C(N)c2cc(C)cnc2N)CCC(C)(C)CC1. The summed E-state index contributed by atoms with van der Waals surface area (Å²) in [5.41, 5.74) is 14.7. The molecule has 0 bridgehead atoms. The quantitative estimate of drug-likeness (QED) is 0.892. The lowest BCUT2D eigenvalue weighted by Crippen LogP contribution is -2.48. The van der Waals surface area contributed by atoms with Crippen LogP contribution in [0.5, 0.6) is 0 Å². The van der Waals surface area contributed by atoms with Crippen molar-refractivity contribution < 1.29 is 4.74 Å². The molecule has 0 saturated heterocycles. The number of hydrogen-bond acceptors (Lipinski definition) is 4. The van der Waals surface area contributed by atoms with E-state index in [-0.39, 0.29) is 11.6 Å². The molecule has 1 aliphatic carbocycles. The largest absolute Gasteiger partial charge is 0.383 e. The van der Waals surface area contributed by atoms with Crippen LogP contribution < -0.4 is 11.5 Å². The molecule has 1 atom stereocenters. The number of anilines is 1. The predicted molar refractivity (Wildman–Crippen MR) is 86.9 cm³/mol. The van der Waals surface area contributed by atoms with Gasteiger partial charge >= 0.3 is 0 Å².